The van der Waals surface area contributed by atoms with Crippen molar-refractivity contribution in [3.63, 3.8) is 0 Å². The Balaban J connectivity index is 1.76. The van der Waals surface area contributed by atoms with Crippen molar-refractivity contribution in [2.45, 2.75) is 45.2 Å². The second-order valence-electron chi connectivity index (χ2n) is 7.92. The van der Waals surface area contributed by atoms with Crippen LogP contribution in [0.2, 0.25) is 0 Å². The van der Waals surface area contributed by atoms with Gasteiger partial charge in [0.15, 0.2) is 5.16 Å². The predicted octanol–water partition coefficient (Wildman–Crippen LogP) is 4.22. The van der Waals surface area contributed by atoms with Crippen molar-refractivity contribution < 1.29 is 9.53 Å². The Morgan fingerprint density at radius 2 is 1.91 bits per heavy atom. The Morgan fingerprint density at radius 1 is 1.19 bits per heavy atom. The Hall–Kier alpha value is -2.16. The number of aromatic nitrogens is 2. The third-order valence-electron chi connectivity index (χ3n) is 5.80. The van der Waals surface area contributed by atoms with E-state index in [-0.39, 0.29) is 17.2 Å². The fraction of sp³-hybridized carbons (Fsp3) is 0.458. The number of nitrogens with zero attached hydrogens (tertiary/aromatic N) is 3. The Bertz CT molecular complexity index is 1160. The van der Waals surface area contributed by atoms with Gasteiger partial charge in [-0.3, -0.25) is 14.2 Å². The molecule has 0 unspecified atom stereocenters. The topological polar surface area (TPSA) is 64.4 Å². The maximum atomic E-state index is 13.7. The van der Waals surface area contributed by atoms with Gasteiger partial charge in [-0.05, 0) is 43.0 Å². The van der Waals surface area contributed by atoms with Gasteiger partial charge in [0, 0.05) is 18.0 Å². The van der Waals surface area contributed by atoms with Gasteiger partial charge < -0.3 is 9.64 Å². The van der Waals surface area contributed by atoms with Gasteiger partial charge in [0.1, 0.15) is 4.83 Å². The van der Waals surface area contributed by atoms with Crippen LogP contribution in [0.5, 0.6) is 0 Å². The van der Waals surface area contributed by atoms with Crippen LogP contribution < -0.4 is 5.56 Å². The molecule has 1 saturated heterocycles. The van der Waals surface area contributed by atoms with E-state index in [0.29, 0.717) is 36.8 Å². The summed E-state index contributed by atoms with van der Waals surface area (Å²) in [6, 6.07) is 8.02. The molecule has 3 heterocycles. The minimum atomic E-state index is -0.0586. The van der Waals surface area contributed by atoms with Gasteiger partial charge in [-0.25, -0.2) is 4.98 Å². The molecule has 1 amide bonds. The highest BCUT2D eigenvalue weighted by Gasteiger charge is 2.22. The standard InChI is InChI=1S/C24H29N3O3S2/c1-4-6-19-16(3)21-22(32-19)25-24(31-15-20(28)26-11-13-30-14-12-26)27(23(21)29)18-9-7-17(5-2)8-10-18/h7-10H,4-6,11-15H2,1-3H3. The molecule has 4 rings (SSSR count). The maximum Gasteiger partial charge on any atom is 0.267 e. The number of amides is 1. The fourth-order valence-corrected chi connectivity index (χ4v) is 6.15. The summed E-state index contributed by atoms with van der Waals surface area (Å²) >= 11 is 2.94. The number of ether oxygens (including phenoxy) is 1. The van der Waals surface area contributed by atoms with Crippen LogP contribution in [0.4, 0.5) is 0 Å². The molecule has 0 N–H and O–H groups in total. The fourth-order valence-electron chi connectivity index (χ4n) is 3.91. The number of carbonyl (C=O) groups is 1. The van der Waals surface area contributed by atoms with Crippen molar-refractivity contribution in [3.05, 3.63) is 50.6 Å². The molecule has 32 heavy (non-hydrogen) atoms. The quantitative estimate of drug-likeness (QED) is 0.381. The van der Waals surface area contributed by atoms with Crippen LogP contribution in [-0.2, 0) is 22.4 Å². The lowest BCUT2D eigenvalue weighted by atomic mass is 10.1. The number of hydrogen-bond donors (Lipinski definition) is 0. The number of thioether (sulfide) groups is 1. The average molecular weight is 472 g/mol. The molecular formula is C24H29N3O3S2. The molecule has 8 heteroatoms. The number of hydrogen-bond acceptors (Lipinski definition) is 6. The van der Waals surface area contributed by atoms with Crippen molar-refractivity contribution >= 4 is 39.2 Å². The van der Waals surface area contributed by atoms with E-state index in [1.807, 2.05) is 36.1 Å². The summed E-state index contributed by atoms with van der Waals surface area (Å²) in [6.07, 6.45) is 2.90. The Morgan fingerprint density at radius 3 is 2.56 bits per heavy atom. The molecule has 1 fully saturated rings. The van der Waals surface area contributed by atoms with Gasteiger partial charge in [0.2, 0.25) is 5.91 Å². The minimum Gasteiger partial charge on any atom is -0.378 e. The van der Waals surface area contributed by atoms with E-state index >= 15 is 0 Å². The molecule has 170 valence electrons. The van der Waals surface area contributed by atoms with E-state index in [2.05, 4.69) is 13.8 Å². The van der Waals surface area contributed by atoms with Gasteiger partial charge in [0.05, 0.1) is 30.0 Å². The molecule has 0 radical (unpaired) electrons. The summed E-state index contributed by atoms with van der Waals surface area (Å²) < 4.78 is 7.02. The summed E-state index contributed by atoms with van der Waals surface area (Å²) in [6.45, 7) is 8.64. The number of carbonyl (C=O) groups excluding carboxylic acids is 1. The normalized spacial score (nSPS) is 14.3. The van der Waals surface area contributed by atoms with Crippen LogP contribution in [0.15, 0.2) is 34.2 Å². The molecule has 1 aliphatic heterocycles. The molecule has 0 atom stereocenters. The van der Waals surface area contributed by atoms with Crippen LogP contribution >= 0.6 is 23.1 Å². The Labute approximate surface area is 196 Å². The largest absolute Gasteiger partial charge is 0.378 e. The van der Waals surface area contributed by atoms with Gasteiger partial charge in [-0.2, -0.15) is 0 Å². The van der Waals surface area contributed by atoms with Crippen molar-refractivity contribution in [3.8, 4) is 5.69 Å². The molecule has 0 bridgehead atoms. The highest BCUT2D eigenvalue weighted by Crippen LogP contribution is 2.31. The van der Waals surface area contributed by atoms with Gasteiger partial charge >= 0.3 is 0 Å². The lowest BCUT2D eigenvalue weighted by molar-refractivity contribution is -0.132. The third-order valence-corrected chi connectivity index (χ3v) is 7.97. The smallest absolute Gasteiger partial charge is 0.267 e. The minimum absolute atomic E-state index is 0.0505. The molecule has 2 aromatic heterocycles. The van der Waals surface area contributed by atoms with Crippen molar-refractivity contribution in [2.24, 2.45) is 0 Å². The van der Waals surface area contributed by atoms with Gasteiger partial charge in [-0.1, -0.05) is 44.2 Å². The number of morpholine rings is 1. The SMILES string of the molecule is CCCc1sc2nc(SCC(=O)N3CCOCC3)n(-c3ccc(CC)cc3)c(=O)c2c1C. The summed E-state index contributed by atoms with van der Waals surface area (Å²) in [5, 5.41) is 1.26. The number of fused-ring (bicyclic) bond motifs is 1. The van der Waals surface area contributed by atoms with Crippen LogP contribution in [0.25, 0.3) is 15.9 Å². The number of benzene rings is 1. The van der Waals surface area contributed by atoms with Crippen molar-refractivity contribution in [2.75, 3.05) is 32.1 Å². The predicted molar refractivity (Wildman–Crippen MR) is 131 cm³/mol. The summed E-state index contributed by atoms with van der Waals surface area (Å²) in [5.41, 5.74) is 2.97. The van der Waals surface area contributed by atoms with E-state index in [4.69, 9.17) is 9.72 Å². The molecule has 6 nitrogen and oxygen atoms in total. The van der Waals surface area contributed by atoms with Crippen LogP contribution in [-0.4, -0.2) is 52.4 Å². The average Bonchev–Trinajstić information content (AvgIpc) is 3.13. The number of aryl methyl sites for hydroxylation is 3. The zero-order valence-electron chi connectivity index (χ0n) is 18.8. The zero-order chi connectivity index (χ0) is 22.7. The molecule has 0 spiro atoms. The first-order chi connectivity index (χ1) is 15.5. The molecule has 3 aromatic rings. The van der Waals surface area contributed by atoms with Crippen LogP contribution in [0.3, 0.4) is 0 Å². The summed E-state index contributed by atoms with van der Waals surface area (Å²) in [5.74, 6) is 0.298. The highest BCUT2D eigenvalue weighted by atomic mass is 32.2. The third kappa shape index (κ3) is 4.63. The molecule has 0 aliphatic carbocycles. The van der Waals surface area contributed by atoms with Crippen molar-refractivity contribution in [1.82, 2.24) is 14.5 Å². The van der Waals surface area contributed by atoms with E-state index in [9.17, 15) is 9.59 Å². The molecule has 0 saturated carbocycles. The second-order valence-corrected chi connectivity index (χ2v) is 9.94. The maximum absolute atomic E-state index is 13.7. The first-order valence-electron chi connectivity index (χ1n) is 11.2. The summed E-state index contributed by atoms with van der Waals surface area (Å²) in [7, 11) is 0. The van der Waals surface area contributed by atoms with Crippen LogP contribution in [0, 0.1) is 6.92 Å². The molecule has 1 aliphatic rings. The summed E-state index contributed by atoms with van der Waals surface area (Å²) in [4.78, 5) is 35.1. The van der Waals surface area contributed by atoms with E-state index in [1.54, 1.807) is 15.9 Å². The number of rotatable bonds is 7. The van der Waals surface area contributed by atoms with E-state index < -0.39 is 0 Å². The lowest BCUT2D eigenvalue weighted by Crippen LogP contribution is -2.41. The Kier molecular flexibility index (Phi) is 7.33. The monoisotopic (exact) mass is 471 g/mol. The van der Waals surface area contributed by atoms with E-state index in [0.717, 1.165) is 35.3 Å². The first-order valence-corrected chi connectivity index (χ1v) is 13.0. The van der Waals surface area contributed by atoms with Gasteiger partial charge in [0.25, 0.3) is 5.56 Å². The lowest BCUT2D eigenvalue weighted by Gasteiger charge is -2.26. The highest BCUT2D eigenvalue weighted by molar-refractivity contribution is 7.99. The van der Waals surface area contributed by atoms with Gasteiger partial charge in [-0.15, -0.1) is 11.3 Å². The van der Waals surface area contributed by atoms with Crippen molar-refractivity contribution in [1.29, 1.82) is 0 Å². The molecular weight excluding hydrogens is 442 g/mol. The molecule has 1 aromatic carbocycles. The number of thiophene rings is 1. The first kappa shape index (κ1) is 23.0. The van der Waals surface area contributed by atoms with E-state index in [1.165, 1.54) is 22.2 Å². The second kappa shape index (κ2) is 10.2. The van der Waals surface area contributed by atoms with Crippen LogP contribution in [0.1, 0.15) is 36.3 Å². The zero-order valence-corrected chi connectivity index (χ0v) is 20.5.